The number of aromatic nitrogens is 2. The summed E-state index contributed by atoms with van der Waals surface area (Å²) in [4.78, 5) is 44.4. The zero-order chi connectivity index (χ0) is 24.9. The summed E-state index contributed by atoms with van der Waals surface area (Å²) in [6.07, 6.45) is 2.50. The van der Waals surface area contributed by atoms with E-state index in [1.54, 1.807) is 15.5 Å². The molecule has 7 heteroatoms. The molecule has 1 fully saturated rings. The molecule has 0 spiro atoms. The maximum Gasteiger partial charge on any atom is 0.272 e. The maximum absolute atomic E-state index is 13.3. The number of hydrogen-bond donors (Lipinski definition) is 1. The van der Waals surface area contributed by atoms with Crippen molar-refractivity contribution in [3.8, 4) is 0 Å². The molecule has 1 aromatic heterocycles. The van der Waals surface area contributed by atoms with Crippen LogP contribution in [0.1, 0.15) is 30.5 Å². The van der Waals surface area contributed by atoms with Crippen LogP contribution in [-0.4, -0.2) is 27.9 Å². The Balaban J connectivity index is 1.30. The Morgan fingerprint density at radius 3 is 2.53 bits per heavy atom. The minimum Gasteiger partial charge on any atom is -0.326 e. The second-order valence-electron chi connectivity index (χ2n) is 8.99. The Morgan fingerprint density at radius 2 is 1.72 bits per heavy atom. The second-order valence-corrected chi connectivity index (χ2v) is 8.99. The summed E-state index contributed by atoms with van der Waals surface area (Å²) in [6.45, 7) is 1.23. The number of rotatable bonds is 8. The zero-order valence-corrected chi connectivity index (χ0v) is 20.0. The fraction of sp³-hybridized carbons (Fsp3) is 0.241. The first-order valence-corrected chi connectivity index (χ1v) is 12.3. The summed E-state index contributed by atoms with van der Waals surface area (Å²) in [5, 5.41) is 2.90. The SMILES string of the molecule is O=C(CCc1nc2ccccc2n(CCc2ccccc2)c1=O)Nc1cccc(N2CCCC2=O)c1. The van der Waals surface area contributed by atoms with Gasteiger partial charge in [0.15, 0.2) is 0 Å². The van der Waals surface area contributed by atoms with Gasteiger partial charge < -0.3 is 14.8 Å². The van der Waals surface area contributed by atoms with Gasteiger partial charge in [0.2, 0.25) is 11.8 Å². The molecule has 2 heterocycles. The molecule has 0 saturated carbocycles. The lowest BCUT2D eigenvalue weighted by atomic mass is 10.1. The van der Waals surface area contributed by atoms with Crippen molar-refractivity contribution >= 4 is 34.2 Å². The highest BCUT2D eigenvalue weighted by Gasteiger charge is 2.22. The Bertz CT molecular complexity index is 1460. The summed E-state index contributed by atoms with van der Waals surface area (Å²) in [5.74, 6) is -0.102. The number of nitrogens with one attached hydrogen (secondary N) is 1. The van der Waals surface area contributed by atoms with Gasteiger partial charge in [-0.15, -0.1) is 0 Å². The maximum atomic E-state index is 13.3. The van der Waals surface area contributed by atoms with E-state index in [1.807, 2.05) is 72.8 Å². The number of para-hydroxylation sites is 2. The van der Waals surface area contributed by atoms with Gasteiger partial charge in [0.05, 0.1) is 11.0 Å². The van der Waals surface area contributed by atoms with E-state index in [2.05, 4.69) is 10.3 Å². The number of nitrogens with zero attached hydrogens (tertiary/aromatic N) is 3. The summed E-state index contributed by atoms with van der Waals surface area (Å²) in [5.41, 5.74) is 4.32. The van der Waals surface area contributed by atoms with E-state index in [0.29, 0.717) is 30.9 Å². The molecule has 1 aliphatic heterocycles. The molecule has 3 aromatic carbocycles. The molecule has 36 heavy (non-hydrogen) atoms. The van der Waals surface area contributed by atoms with Crippen molar-refractivity contribution in [3.63, 3.8) is 0 Å². The van der Waals surface area contributed by atoms with Crippen molar-refractivity contribution < 1.29 is 9.59 Å². The number of fused-ring (bicyclic) bond motifs is 1. The van der Waals surface area contributed by atoms with Gasteiger partial charge in [-0.05, 0) is 48.7 Å². The Kier molecular flexibility index (Phi) is 6.89. The number of benzene rings is 3. The first-order valence-electron chi connectivity index (χ1n) is 12.3. The molecule has 1 N–H and O–H groups in total. The lowest BCUT2D eigenvalue weighted by Gasteiger charge is -2.16. The van der Waals surface area contributed by atoms with Gasteiger partial charge in [-0.2, -0.15) is 0 Å². The highest BCUT2D eigenvalue weighted by Crippen LogP contribution is 2.24. The molecule has 7 nitrogen and oxygen atoms in total. The van der Waals surface area contributed by atoms with Crippen LogP contribution in [0.3, 0.4) is 0 Å². The second kappa shape index (κ2) is 10.6. The van der Waals surface area contributed by atoms with Gasteiger partial charge >= 0.3 is 0 Å². The van der Waals surface area contributed by atoms with Crippen LogP contribution in [0.15, 0.2) is 83.7 Å². The van der Waals surface area contributed by atoms with Crippen LogP contribution in [0.2, 0.25) is 0 Å². The number of anilines is 2. The normalized spacial score (nSPS) is 13.3. The van der Waals surface area contributed by atoms with Crippen LogP contribution in [0.5, 0.6) is 0 Å². The molecular formula is C29H28N4O3. The third-order valence-electron chi connectivity index (χ3n) is 6.49. The van der Waals surface area contributed by atoms with Crippen molar-refractivity contribution in [3.05, 3.63) is 100 Å². The molecule has 0 bridgehead atoms. The molecule has 0 radical (unpaired) electrons. The number of aryl methyl sites for hydroxylation is 3. The monoisotopic (exact) mass is 480 g/mol. The fourth-order valence-corrected chi connectivity index (χ4v) is 4.64. The minimum atomic E-state index is -0.204. The van der Waals surface area contributed by atoms with Crippen LogP contribution in [0.25, 0.3) is 11.0 Å². The van der Waals surface area contributed by atoms with Gasteiger partial charge in [0.25, 0.3) is 5.56 Å². The molecule has 4 aromatic rings. The lowest BCUT2D eigenvalue weighted by Crippen LogP contribution is -2.27. The molecule has 5 rings (SSSR count). The lowest BCUT2D eigenvalue weighted by molar-refractivity contribution is -0.117. The van der Waals surface area contributed by atoms with E-state index in [0.717, 1.165) is 35.1 Å². The first-order chi connectivity index (χ1) is 17.6. The number of amides is 2. The highest BCUT2D eigenvalue weighted by molar-refractivity contribution is 5.97. The number of carbonyl (C=O) groups is 2. The van der Waals surface area contributed by atoms with Gasteiger partial charge in [-0.3, -0.25) is 14.4 Å². The van der Waals surface area contributed by atoms with Gasteiger partial charge in [0.1, 0.15) is 5.69 Å². The van der Waals surface area contributed by atoms with Gasteiger partial charge in [-0.1, -0.05) is 48.5 Å². The molecule has 0 unspecified atom stereocenters. The molecule has 0 aliphatic carbocycles. The largest absolute Gasteiger partial charge is 0.326 e. The molecule has 182 valence electrons. The number of hydrogen-bond acceptors (Lipinski definition) is 4. The fourth-order valence-electron chi connectivity index (χ4n) is 4.64. The molecule has 0 atom stereocenters. The van der Waals surface area contributed by atoms with Crippen LogP contribution >= 0.6 is 0 Å². The third-order valence-corrected chi connectivity index (χ3v) is 6.49. The first kappa shape index (κ1) is 23.5. The standard InChI is InChI=1S/C29H28N4O3/c34-27(30-22-10-6-11-23(20-22)32-18-7-14-28(32)35)16-15-25-29(36)33(19-17-21-8-2-1-3-9-21)26-13-5-4-12-24(26)31-25/h1-6,8-13,20H,7,14-19H2,(H,30,34). The summed E-state index contributed by atoms with van der Waals surface area (Å²) < 4.78 is 1.76. The van der Waals surface area contributed by atoms with Crippen molar-refractivity contribution in [2.75, 3.05) is 16.8 Å². The van der Waals surface area contributed by atoms with E-state index in [4.69, 9.17) is 0 Å². The zero-order valence-electron chi connectivity index (χ0n) is 20.0. The average Bonchev–Trinajstić information content (AvgIpc) is 3.33. The van der Waals surface area contributed by atoms with Crippen LogP contribution in [0, 0.1) is 0 Å². The van der Waals surface area contributed by atoms with E-state index < -0.39 is 0 Å². The Morgan fingerprint density at radius 1 is 0.917 bits per heavy atom. The Hall–Kier alpha value is -4.26. The molecule has 1 aliphatic rings. The van der Waals surface area contributed by atoms with E-state index in [-0.39, 0.29) is 30.2 Å². The highest BCUT2D eigenvalue weighted by atomic mass is 16.2. The molecule has 1 saturated heterocycles. The van der Waals surface area contributed by atoms with Crippen molar-refractivity contribution in [2.45, 2.75) is 38.6 Å². The van der Waals surface area contributed by atoms with Crippen LogP contribution in [-0.2, 0) is 29.0 Å². The predicted molar refractivity (Wildman–Crippen MR) is 141 cm³/mol. The molecular weight excluding hydrogens is 452 g/mol. The summed E-state index contributed by atoms with van der Waals surface area (Å²) >= 11 is 0. The smallest absolute Gasteiger partial charge is 0.272 e. The summed E-state index contributed by atoms with van der Waals surface area (Å²) in [7, 11) is 0. The predicted octanol–water partition coefficient (Wildman–Crippen LogP) is 4.34. The third kappa shape index (κ3) is 5.20. The van der Waals surface area contributed by atoms with Crippen molar-refractivity contribution in [1.82, 2.24) is 9.55 Å². The average molecular weight is 481 g/mol. The van der Waals surface area contributed by atoms with Gasteiger partial charge in [-0.25, -0.2) is 4.98 Å². The quantitative estimate of drug-likeness (QED) is 0.407. The van der Waals surface area contributed by atoms with Crippen LogP contribution < -0.4 is 15.8 Å². The van der Waals surface area contributed by atoms with Gasteiger partial charge in [0, 0.05) is 43.7 Å². The van der Waals surface area contributed by atoms with E-state index in [1.165, 1.54) is 0 Å². The Labute approximate surface area is 209 Å². The minimum absolute atomic E-state index is 0.101. The van der Waals surface area contributed by atoms with Crippen molar-refractivity contribution in [2.24, 2.45) is 0 Å². The number of carbonyl (C=O) groups excluding carboxylic acids is 2. The van der Waals surface area contributed by atoms with E-state index >= 15 is 0 Å². The summed E-state index contributed by atoms with van der Waals surface area (Å²) in [6, 6.07) is 25.0. The molecule has 2 amide bonds. The topological polar surface area (TPSA) is 84.3 Å². The van der Waals surface area contributed by atoms with Crippen molar-refractivity contribution in [1.29, 1.82) is 0 Å². The van der Waals surface area contributed by atoms with E-state index in [9.17, 15) is 14.4 Å². The van der Waals surface area contributed by atoms with Crippen LogP contribution in [0.4, 0.5) is 11.4 Å².